The lowest BCUT2D eigenvalue weighted by Gasteiger charge is -2.34. The van der Waals surface area contributed by atoms with E-state index < -0.39 is 0 Å². The molecule has 1 aliphatic heterocycles. The highest BCUT2D eigenvalue weighted by Crippen LogP contribution is 2.34. The Morgan fingerprint density at radius 1 is 1.40 bits per heavy atom. The zero-order valence-electron chi connectivity index (χ0n) is 12.8. The summed E-state index contributed by atoms with van der Waals surface area (Å²) in [6.45, 7) is 7.95. The Morgan fingerprint density at radius 3 is 2.55 bits per heavy atom. The fraction of sp³-hybridized carbons (Fsp3) is 0.929. The molecule has 2 aliphatic rings. The van der Waals surface area contributed by atoms with Gasteiger partial charge < -0.3 is 15.4 Å². The van der Waals surface area contributed by atoms with Crippen LogP contribution in [0.5, 0.6) is 0 Å². The summed E-state index contributed by atoms with van der Waals surface area (Å²) in [6, 6.07) is 0.623. The van der Waals surface area contributed by atoms with Crippen LogP contribution in [-0.2, 0) is 4.74 Å². The monoisotopic (exact) mass is 413 g/mol. The van der Waals surface area contributed by atoms with Crippen LogP contribution in [-0.4, -0.2) is 49.3 Å². The molecule has 6 heteroatoms. The van der Waals surface area contributed by atoms with Gasteiger partial charge in [-0.2, -0.15) is 11.8 Å². The number of nitrogens with zero attached hydrogens (tertiary/aromatic N) is 1. The molecular weight excluding hydrogens is 385 g/mol. The molecule has 2 atom stereocenters. The van der Waals surface area contributed by atoms with Gasteiger partial charge in [0, 0.05) is 30.5 Å². The average molecular weight is 413 g/mol. The van der Waals surface area contributed by atoms with Gasteiger partial charge in [-0.3, -0.25) is 4.99 Å². The van der Waals surface area contributed by atoms with Crippen LogP contribution in [0.25, 0.3) is 0 Å². The maximum Gasteiger partial charge on any atom is 0.191 e. The highest BCUT2D eigenvalue weighted by atomic mass is 127. The first-order chi connectivity index (χ1) is 9.19. The molecule has 2 N–H and O–H groups in total. The van der Waals surface area contributed by atoms with Crippen molar-refractivity contribution in [1.82, 2.24) is 10.6 Å². The van der Waals surface area contributed by atoms with E-state index in [0.717, 1.165) is 51.0 Å². The molecule has 0 bridgehead atoms. The Labute approximate surface area is 144 Å². The Morgan fingerprint density at radius 2 is 2.05 bits per heavy atom. The third-order valence-electron chi connectivity index (χ3n) is 4.14. The first kappa shape index (κ1) is 18.4. The summed E-state index contributed by atoms with van der Waals surface area (Å²) >= 11 is 1.95. The predicted octanol–water partition coefficient (Wildman–Crippen LogP) is 2.48. The molecule has 2 rings (SSSR count). The molecule has 0 aromatic rings. The summed E-state index contributed by atoms with van der Waals surface area (Å²) in [5.41, 5.74) is 0. The molecular formula is C14H28IN3OS. The summed E-state index contributed by atoms with van der Waals surface area (Å²) in [5.74, 6) is 1.78. The van der Waals surface area contributed by atoms with E-state index in [4.69, 9.17) is 9.73 Å². The van der Waals surface area contributed by atoms with Crippen LogP contribution >= 0.6 is 35.7 Å². The smallest absolute Gasteiger partial charge is 0.191 e. The van der Waals surface area contributed by atoms with Gasteiger partial charge in [-0.25, -0.2) is 0 Å². The fourth-order valence-corrected chi connectivity index (χ4v) is 3.18. The van der Waals surface area contributed by atoms with Crippen LogP contribution in [0.3, 0.4) is 0 Å². The summed E-state index contributed by atoms with van der Waals surface area (Å²) in [4.78, 5) is 4.81. The number of hydrogen-bond acceptors (Lipinski definition) is 3. The number of guanidine groups is 1. The van der Waals surface area contributed by atoms with E-state index in [9.17, 15) is 0 Å². The molecule has 0 spiro atoms. The number of ether oxygens (including phenoxy) is 1. The van der Waals surface area contributed by atoms with Gasteiger partial charge in [0.1, 0.15) is 0 Å². The van der Waals surface area contributed by atoms with Gasteiger partial charge >= 0.3 is 0 Å². The molecule has 1 saturated heterocycles. The topological polar surface area (TPSA) is 45.7 Å². The lowest BCUT2D eigenvalue weighted by molar-refractivity contribution is 0.0794. The fourth-order valence-electron chi connectivity index (χ4n) is 2.41. The van der Waals surface area contributed by atoms with Gasteiger partial charge in [0.15, 0.2) is 5.96 Å². The first-order valence-corrected chi connectivity index (χ1v) is 8.59. The van der Waals surface area contributed by atoms with E-state index in [1.807, 2.05) is 11.8 Å². The highest BCUT2D eigenvalue weighted by molar-refractivity contribution is 14.0. The third-order valence-corrected chi connectivity index (χ3v) is 5.54. The predicted molar refractivity (Wildman–Crippen MR) is 98.4 cm³/mol. The van der Waals surface area contributed by atoms with Crippen molar-refractivity contribution in [3.8, 4) is 0 Å². The number of thioether (sulfide) groups is 1. The number of hydrogen-bond donors (Lipinski definition) is 2. The lowest BCUT2D eigenvalue weighted by atomic mass is 9.99. The largest absolute Gasteiger partial charge is 0.381 e. The first-order valence-electron chi connectivity index (χ1n) is 7.37. The molecule has 1 saturated carbocycles. The van der Waals surface area contributed by atoms with Crippen molar-refractivity contribution >= 4 is 41.7 Å². The minimum Gasteiger partial charge on any atom is -0.381 e. The van der Waals surface area contributed by atoms with Gasteiger partial charge in [0.2, 0.25) is 0 Å². The van der Waals surface area contributed by atoms with E-state index in [2.05, 4.69) is 30.7 Å². The quantitative estimate of drug-likeness (QED) is 0.413. The molecule has 0 radical (unpaired) electrons. The van der Waals surface area contributed by atoms with Crippen LogP contribution in [0.1, 0.15) is 33.1 Å². The molecule has 20 heavy (non-hydrogen) atoms. The number of aliphatic imine (C=N–C) groups is 1. The lowest BCUT2D eigenvalue weighted by Crippen LogP contribution is -2.42. The molecule has 0 aromatic carbocycles. The van der Waals surface area contributed by atoms with Crippen molar-refractivity contribution in [3.63, 3.8) is 0 Å². The minimum atomic E-state index is 0. The summed E-state index contributed by atoms with van der Waals surface area (Å²) in [5, 5.41) is 6.87. The molecule has 2 fully saturated rings. The van der Waals surface area contributed by atoms with Gasteiger partial charge in [0.25, 0.3) is 0 Å². The maximum atomic E-state index is 5.48. The molecule has 0 amide bonds. The van der Waals surface area contributed by atoms with Gasteiger partial charge in [-0.05, 0) is 38.4 Å². The molecule has 1 heterocycles. The van der Waals surface area contributed by atoms with Crippen molar-refractivity contribution in [2.24, 2.45) is 10.9 Å². The Bertz CT molecular complexity index is 322. The molecule has 1 aliphatic carbocycles. The molecule has 0 aromatic heterocycles. The average Bonchev–Trinajstić information content (AvgIpc) is 3.13. The van der Waals surface area contributed by atoms with Crippen LogP contribution in [0.2, 0.25) is 0 Å². The van der Waals surface area contributed by atoms with E-state index >= 15 is 0 Å². The van der Waals surface area contributed by atoms with Gasteiger partial charge in [0.05, 0.1) is 6.54 Å². The van der Waals surface area contributed by atoms with E-state index in [0.29, 0.717) is 6.04 Å². The zero-order valence-corrected chi connectivity index (χ0v) is 15.9. The van der Waals surface area contributed by atoms with Crippen molar-refractivity contribution in [3.05, 3.63) is 0 Å². The third kappa shape index (κ3) is 5.26. The minimum absolute atomic E-state index is 0. The number of nitrogens with one attached hydrogen (secondary N) is 2. The second kappa shape index (κ2) is 8.68. The Hall–Kier alpha value is 0.310. The second-order valence-electron chi connectivity index (χ2n) is 5.66. The van der Waals surface area contributed by atoms with Crippen LogP contribution < -0.4 is 10.6 Å². The van der Waals surface area contributed by atoms with E-state index in [-0.39, 0.29) is 28.7 Å². The van der Waals surface area contributed by atoms with Crippen LogP contribution in [0.15, 0.2) is 4.99 Å². The zero-order chi connectivity index (χ0) is 13.7. The SMILES string of the molecule is CCNC(=NCC1(SC)CCOCC1)NC1CC1C.I. The Kier molecular flexibility index (Phi) is 7.97. The van der Waals surface area contributed by atoms with Crippen molar-refractivity contribution in [2.75, 3.05) is 32.6 Å². The summed E-state index contributed by atoms with van der Waals surface area (Å²) < 4.78 is 5.75. The standard InChI is InChI=1S/C14H27N3OS.HI/c1-4-15-13(17-12-9-11(12)2)16-10-14(19-3)5-7-18-8-6-14;/h11-12H,4-10H2,1-3H3,(H2,15,16,17);1H. The highest BCUT2D eigenvalue weighted by Gasteiger charge is 2.34. The van der Waals surface area contributed by atoms with Gasteiger partial charge in [-0.1, -0.05) is 6.92 Å². The molecule has 4 nitrogen and oxygen atoms in total. The molecule has 2 unspecified atom stereocenters. The number of halogens is 1. The van der Waals surface area contributed by atoms with Crippen molar-refractivity contribution in [2.45, 2.75) is 43.9 Å². The van der Waals surface area contributed by atoms with Gasteiger partial charge in [-0.15, -0.1) is 24.0 Å². The van der Waals surface area contributed by atoms with Crippen molar-refractivity contribution < 1.29 is 4.74 Å². The van der Waals surface area contributed by atoms with Crippen LogP contribution in [0, 0.1) is 5.92 Å². The summed E-state index contributed by atoms with van der Waals surface area (Å²) in [7, 11) is 0. The van der Waals surface area contributed by atoms with Crippen molar-refractivity contribution in [1.29, 1.82) is 0 Å². The second-order valence-corrected chi connectivity index (χ2v) is 6.93. The van der Waals surface area contributed by atoms with Crippen LogP contribution in [0.4, 0.5) is 0 Å². The molecule has 118 valence electrons. The normalized spacial score (nSPS) is 28.4. The Balaban J connectivity index is 0.00000200. The maximum absolute atomic E-state index is 5.48. The summed E-state index contributed by atoms with van der Waals surface area (Å²) in [6.07, 6.45) is 5.68. The van der Waals surface area contributed by atoms with E-state index in [1.54, 1.807) is 0 Å². The van der Waals surface area contributed by atoms with E-state index in [1.165, 1.54) is 6.42 Å². The number of rotatable bonds is 5.